The van der Waals surface area contributed by atoms with Gasteiger partial charge in [0.15, 0.2) is 5.15 Å². The summed E-state index contributed by atoms with van der Waals surface area (Å²) in [5, 5.41) is 17.0. The van der Waals surface area contributed by atoms with Gasteiger partial charge >= 0.3 is 18.2 Å². The average molecular weight is 581 g/mol. The topological polar surface area (TPSA) is 135 Å². The van der Waals surface area contributed by atoms with Crippen molar-refractivity contribution in [2.45, 2.75) is 31.9 Å². The number of nitrogens with zero attached hydrogens (tertiary/aromatic N) is 3. The van der Waals surface area contributed by atoms with Crippen LogP contribution in [0.15, 0.2) is 60.7 Å². The van der Waals surface area contributed by atoms with Crippen molar-refractivity contribution >= 4 is 35.5 Å². The predicted octanol–water partition coefficient (Wildman–Crippen LogP) is 4.86. The Kier molecular flexibility index (Phi) is 10.3. The van der Waals surface area contributed by atoms with Gasteiger partial charge in [0.25, 0.3) is 0 Å². The number of carbonyl (C=O) groups is 3. The summed E-state index contributed by atoms with van der Waals surface area (Å²) >= 11 is 6.41. The molecular weight excluding hydrogens is 548 g/mol. The van der Waals surface area contributed by atoms with Crippen molar-refractivity contribution in [3.8, 4) is 11.1 Å². The van der Waals surface area contributed by atoms with Crippen LogP contribution in [-0.4, -0.2) is 66.6 Å². The highest BCUT2D eigenvalue weighted by atomic mass is 35.5. The van der Waals surface area contributed by atoms with E-state index in [4.69, 9.17) is 16.3 Å². The summed E-state index contributed by atoms with van der Waals surface area (Å²) in [6.45, 7) is 1.26. The van der Waals surface area contributed by atoms with Crippen LogP contribution < -0.4 is 16.0 Å². The molecule has 0 saturated carbocycles. The van der Waals surface area contributed by atoms with Crippen LogP contribution in [0.2, 0.25) is 5.15 Å². The number of nitrogens with one attached hydrogen (secondary N) is 3. The molecule has 2 unspecified atom stereocenters. The van der Waals surface area contributed by atoms with Gasteiger partial charge in [0.1, 0.15) is 6.61 Å². The maximum Gasteiger partial charge on any atom is 0.411 e. The first kappa shape index (κ1) is 29.6. The molecule has 1 aliphatic rings. The zero-order chi connectivity index (χ0) is 29.2. The summed E-state index contributed by atoms with van der Waals surface area (Å²) in [7, 11) is 2.90. The molecule has 2 atom stereocenters. The molecule has 1 saturated heterocycles. The summed E-state index contributed by atoms with van der Waals surface area (Å²) < 4.78 is 10.1. The molecule has 0 bridgehead atoms. The molecule has 3 N–H and O–H groups in total. The van der Waals surface area contributed by atoms with E-state index in [0.717, 1.165) is 24.0 Å². The number of carbonyl (C=O) groups excluding carboxylic acids is 3. The van der Waals surface area contributed by atoms with Crippen molar-refractivity contribution < 1.29 is 23.9 Å². The number of halogens is 1. The Morgan fingerprint density at radius 2 is 1.83 bits per heavy atom. The fourth-order valence-corrected chi connectivity index (χ4v) is 4.98. The Labute approximate surface area is 243 Å². The zero-order valence-corrected chi connectivity index (χ0v) is 23.7. The number of piperidine rings is 1. The number of rotatable bonds is 8. The van der Waals surface area contributed by atoms with Crippen LogP contribution >= 0.6 is 11.6 Å². The van der Waals surface area contributed by atoms with Crippen molar-refractivity contribution in [3.63, 3.8) is 0 Å². The third-order valence-corrected chi connectivity index (χ3v) is 7.18. The highest BCUT2D eigenvalue weighted by molar-refractivity contribution is 6.32. The molecule has 12 heteroatoms. The van der Waals surface area contributed by atoms with Crippen LogP contribution in [0.4, 0.5) is 20.1 Å². The molecule has 2 aromatic carbocycles. The lowest BCUT2D eigenvalue weighted by Gasteiger charge is -2.36. The molecule has 1 aromatic heterocycles. The van der Waals surface area contributed by atoms with E-state index in [1.807, 2.05) is 36.4 Å². The van der Waals surface area contributed by atoms with Crippen molar-refractivity contribution in [2.75, 3.05) is 32.6 Å². The fraction of sp³-hybridized carbons (Fsp3) is 0.345. The molecule has 4 amide bonds. The number of likely N-dealkylation sites (tertiary alicyclic amines) is 1. The summed E-state index contributed by atoms with van der Waals surface area (Å²) in [6, 6.07) is 17.8. The van der Waals surface area contributed by atoms with Crippen LogP contribution in [0.1, 0.15) is 24.1 Å². The summed E-state index contributed by atoms with van der Waals surface area (Å²) in [4.78, 5) is 38.5. The first-order valence-corrected chi connectivity index (χ1v) is 13.7. The van der Waals surface area contributed by atoms with Crippen molar-refractivity contribution in [3.05, 3.63) is 77.1 Å². The number of benzene rings is 2. The van der Waals surface area contributed by atoms with Gasteiger partial charge in [-0.25, -0.2) is 14.4 Å². The van der Waals surface area contributed by atoms with Crippen LogP contribution in [-0.2, 0) is 22.5 Å². The molecule has 216 valence electrons. The van der Waals surface area contributed by atoms with Crippen LogP contribution in [0.3, 0.4) is 0 Å². The standard InChI is InChI=1S/C29H33ClN6O5/c1-31-27(37)36-14-6-9-21(17-36)25(33-29(39)41-18-19-7-4-3-5-8-19)16-23-15-24(26(30)35-34-23)20-10-12-22(13-11-20)32-28(38)40-2/h3-5,7-8,10-13,15,21,25H,6,9,14,16-18H2,1-2H3,(H,31,37)(H,32,38)(H,33,39). The second kappa shape index (κ2) is 14.3. The summed E-state index contributed by atoms with van der Waals surface area (Å²) in [6.07, 6.45) is 0.860. The first-order valence-electron chi connectivity index (χ1n) is 13.3. The Morgan fingerprint density at radius 1 is 1.07 bits per heavy atom. The minimum absolute atomic E-state index is 0.0325. The van der Waals surface area contributed by atoms with Gasteiger partial charge < -0.3 is 25.0 Å². The molecule has 0 radical (unpaired) electrons. The number of ether oxygens (including phenoxy) is 2. The molecule has 2 heterocycles. The molecule has 3 aromatic rings. The van der Waals surface area contributed by atoms with E-state index in [0.29, 0.717) is 36.5 Å². The van der Waals surface area contributed by atoms with Crippen molar-refractivity contribution in [2.24, 2.45) is 5.92 Å². The molecule has 41 heavy (non-hydrogen) atoms. The van der Waals surface area contributed by atoms with Gasteiger partial charge in [-0.3, -0.25) is 5.32 Å². The lowest BCUT2D eigenvalue weighted by atomic mass is 9.88. The van der Waals surface area contributed by atoms with E-state index in [1.54, 1.807) is 36.2 Å². The van der Waals surface area contributed by atoms with Gasteiger partial charge in [-0.1, -0.05) is 54.1 Å². The average Bonchev–Trinajstić information content (AvgIpc) is 3.01. The molecule has 0 spiro atoms. The number of hydrogen-bond donors (Lipinski definition) is 3. The molecule has 1 aliphatic heterocycles. The largest absolute Gasteiger partial charge is 0.453 e. The number of alkyl carbamates (subject to hydrolysis) is 1. The lowest BCUT2D eigenvalue weighted by Crippen LogP contribution is -2.51. The van der Waals surface area contributed by atoms with Crippen molar-refractivity contribution in [1.29, 1.82) is 0 Å². The predicted molar refractivity (Wildman–Crippen MR) is 155 cm³/mol. The van der Waals surface area contributed by atoms with E-state index in [9.17, 15) is 14.4 Å². The maximum atomic E-state index is 12.9. The van der Waals surface area contributed by atoms with Gasteiger partial charge in [-0.2, -0.15) is 5.10 Å². The highest BCUT2D eigenvalue weighted by Crippen LogP contribution is 2.29. The number of methoxy groups -OCH3 is 1. The van der Waals surface area contributed by atoms with Gasteiger partial charge in [0.2, 0.25) is 0 Å². The van der Waals surface area contributed by atoms with Crippen LogP contribution in [0.5, 0.6) is 0 Å². The molecular formula is C29H33ClN6O5. The van der Waals surface area contributed by atoms with Gasteiger partial charge in [-0.05, 0) is 48.1 Å². The third kappa shape index (κ3) is 8.31. The summed E-state index contributed by atoms with van der Waals surface area (Å²) in [5.74, 6) is -0.0325. The first-order chi connectivity index (χ1) is 19.9. The van der Waals surface area contributed by atoms with E-state index in [1.165, 1.54) is 7.11 Å². The Bertz CT molecular complexity index is 1340. The lowest BCUT2D eigenvalue weighted by molar-refractivity contribution is 0.120. The van der Waals surface area contributed by atoms with E-state index in [2.05, 4.69) is 30.9 Å². The third-order valence-electron chi connectivity index (χ3n) is 6.90. The number of anilines is 1. The Balaban J connectivity index is 1.52. The normalized spacial score (nSPS) is 15.4. The van der Waals surface area contributed by atoms with Crippen LogP contribution in [0, 0.1) is 5.92 Å². The Hall–Kier alpha value is -4.38. The molecule has 11 nitrogen and oxygen atoms in total. The van der Waals surface area contributed by atoms with E-state index in [-0.39, 0.29) is 29.8 Å². The van der Waals surface area contributed by atoms with Gasteiger partial charge in [-0.15, -0.1) is 5.10 Å². The molecule has 1 fully saturated rings. The quantitative estimate of drug-likeness (QED) is 0.346. The van der Waals surface area contributed by atoms with E-state index < -0.39 is 12.2 Å². The molecule has 0 aliphatic carbocycles. The second-order valence-corrected chi connectivity index (χ2v) is 10.0. The van der Waals surface area contributed by atoms with Crippen molar-refractivity contribution in [1.82, 2.24) is 25.7 Å². The number of hydrogen-bond acceptors (Lipinski definition) is 7. The summed E-state index contributed by atoms with van der Waals surface area (Å²) in [5.41, 5.74) is 3.49. The van der Waals surface area contributed by atoms with E-state index >= 15 is 0 Å². The SMILES string of the molecule is CNC(=O)N1CCCC(C(Cc2cc(-c3ccc(NC(=O)OC)cc3)c(Cl)nn2)NC(=O)OCc2ccccc2)C1. The minimum atomic E-state index is -0.567. The highest BCUT2D eigenvalue weighted by Gasteiger charge is 2.31. The van der Waals surface area contributed by atoms with Gasteiger partial charge in [0.05, 0.1) is 12.8 Å². The minimum Gasteiger partial charge on any atom is -0.453 e. The zero-order valence-electron chi connectivity index (χ0n) is 22.9. The number of amides is 4. The monoisotopic (exact) mass is 580 g/mol. The molecule has 4 rings (SSSR count). The van der Waals surface area contributed by atoms with Gasteiger partial charge in [0, 0.05) is 43.9 Å². The maximum absolute atomic E-state index is 12.9. The number of aromatic nitrogens is 2. The number of urea groups is 1. The van der Waals surface area contributed by atoms with Crippen LogP contribution in [0.25, 0.3) is 11.1 Å². The Morgan fingerprint density at radius 3 is 2.54 bits per heavy atom. The second-order valence-electron chi connectivity index (χ2n) is 9.65. The smallest absolute Gasteiger partial charge is 0.411 e. The fourth-order valence-electron chi connectivity index (χ4n) is 4.78.